The van der Waals surface area contributed by atoms with Crippen LogP contribution >= 0.6 is 0 Å². The highest BCUT2D eigenvalue weighted by molar-refractivity contribution is 6.06. The van der Waals surface area contributed by atoms with Crippen molar-refractivity contribution in [3.05, 3.63) is 88.6 Å². The molecule has 0 radical (unpaired) electrons. The minimum atomic E-state index is -0.676. The number of nitrogens with one attached hydrogen (secondary N) is 2. The van der Waals surface area contributed by atoms with Gasteiger partial charge in [0.05, 0.1) is 5.41 Å². The predicted octanol–water partition coefficient (Wildman–Crippen LogP) is 4.04. The van der Waals surface area contributed by atoms with Gasteiger partial charge in [-0.25, -0.2) is 4.98 Å². The van der Waals surface area contributed by atoms with Crippen molar-refractivity contribution in [1.82, 2.24) is 9.88 Å². The van der Waals surface area contributed by atoms with Crippen LogP contribution in [0.4, 0.5) is 11.5 Å². The Kier molecular flexibility index (Phi) is 6.46. The number of nitrogens with zero attached hydrogens (tertiary/aromatic N) is 2. The molecule has 198 valence electrons. The summed E-state index contributed by atoms with van der Waals surface area (Å²) in [7, 11) is 0. The molecule has 2 aromatic carbocycles. The molecule has 1 aromatic heterocycles. The van der Waals surface area contributed by atoms with Crippen molar-refractivity contribution < 1.29 is 19.2 Å². The Morgan fingerprint density at radius 2 is 1.85 bits per heavy atom. The minimum Gasteiger partial charge on any atom is -0.329 e. The second kappa shape index (κ2) is 10.1. The number of aldehydes is 1. The van der Waals surface area contributed by atoms with Crippen LogP contribution in [0.2, 0.25) is 0 Å². The molecule has 3 amide bonds. The molecule has 3 aromatic rings. The van der Waals surface area contributed by atoms with Crippen molar-refractivity contribution in [1.29, 1.82) is 0 Å². The van der Waals surface area contributed by atoms with Gasteiger partial charge in [-0.1, -0.05) is 49.2 Å². The highest BCUT2D eigenvalue weighted by atomic mass is 16.2. The van der Waals surface area contributed by atoms with Crippen LogP contribution in [-0.4, -0.2) is 40.4 Å². The number of rotatable bonds is 7. The van der Waals surface area contributed by atoms with Gasteiger partial charge in [0.2, 0.25) is 17.7 Å². The van der Waals surface area contributed by atoms with Crippen molar-refractivity contribution in [2.45, 2.75) is 50.5 Å². The number of aromatic nitrogens is 1. The molecule has 2 aliphatic carbocycles. The fourth-order valence-corrected chi connectivity index (χ4v) is 6.36. The molecular formula is C31H30N4O4. The van der Waals surface area contributed by atoms with Gasteiger partial charge in [0.1, 0.15) is 18.6 Å². The number of carbonyl (C=O) groups is 4. The van der Waals surface area contributed by atoms with Crippen LogP contribution in [0.5, 0.6) is 0 Å². The third-order valence-electron chi connectivity index (χ3n) is 8.36. The first kappa shape index (κ1) is 25.0. The van der Waals surface area contributed by atoms with E-state index in [1.807, 2.05) is 42.5 Å². The van der Waals surface area contributed by atoms with Crippen LogP contribution in [0.1, 0.15) is 58.3 Å². The summed E-state index contributed by atoms with van der Waals surface area (Å²) in [6.45, 7) is 0.0952. The number of fused-ring (bicyclic) bond motifs is 3. The minimum absolute atomic E-state index is 0.0428. The molecule has 1 unspecified atom stereocenters. The summed E-state index contributed by atoms with van der Waals surface area (Å²) in [5.74, 6) is 0.137. The quantitative estimate of drug-likeness (QED) is 0.456. The Labute approximate surface area is 226 Å². The molecule has 1 spiro atoms. The SMILES string of the molecule is O=Cc1ccccc1CN(CC(=O)Nc1ccc2c(c1)CC1(C2)C(=O)Nc2ncccc21)C(=O)C1CCCC1. The van der Waals surface area contributed by atoms with Gasteiger partial charge in [0, 0.05) is 35.5 Å². The lowest BCUT2D eigenvalue weighted by molar-refractivity contribution is -0.138. The molecule has 2 heterocycles. The first-order valence-electron chi connectivity index (χ1n) is 13.5. The lowest BCUT2D eigenvalue weighted by atomic mass is 9.79. The summed E-state index contributed by atoms with van der Waals surface area (Å²) in [6.07, 6.45) is 7.24. The number of amides is 3. The zero-order valence-corrected chi connectivity index (χ0v) is 21.6. The van der Waals surface area contributed by atoms with Crippen LogP contribution in [-0.2, 0) is 39.2 Å². The second-order valence-corrected chi connectivity index (χ2v) is 10.8. The molecule has 1 fully saturated rings. The Morgan fingerprint density at radius 1 is 1.05 bits per heavy atom. The highest BCUT2D eigenvalue weighted by Gasteiger charge is 2.51. The second-order valence-electron chi connectivity index (χ2n) is 10.8. The summed E-state index contributed by atoms with van der Waals surface area (Å²) in [4.78, 5) is 57.0. The van der Waals surface area contributed by atoms with Gasteiger partial charge < -0.3 is 15.5 Å². The number of hydrogen-bond acceptors (Lipinski definition) is 5. The smallest absolute Gasteiger partial charge is 0.244 e. The summed E-state index contributed by atoms with van der Waals surface area (Å²) in [5.41, 5.74) is 4.18. The van der Waals surface area contributed by atoms with Crippen LogP contribution in [0.25, 0.3) is 0 Å². The van der Waals surface area contributed by atoms with Gasteiger partial charge in [-0.15, -0.1) is 0 Å². The molecule has 3 aliphatic rings. The molecule has 39 heavy (non-hydrogen) atoms. The standard InChI is InChI=1S/C31H30N4O4/c36-19-23-9-4-3-8-22(23)17-35(29(38)20-6-1-2-7-20)18-27(37)33-25-12-11-21-15-31(16-24(21)14-25)26-10-5-13-32-28(26)34-30(31)39/h3-5,8-14,19-20H,1-2,6-7,15-18H2,(H,33,37)(H,32,34,39). The number of anilines is 2. The summed E-state index contributed by atoms with van der Waals surface area (Å²) in [5, 5.41) is 5.87. The number of benzene rings is 2. The lowest BCUT2D eigenvalue weighted by Crippen LogP contribution is -2.40. The van der Waals surface area contributed by atoms with Gasteiger partial charge in [-0.2, -0.15) is 0 Å². The average molecular weight is 523 g/mol. The summed E-state index contributed by atoms with van der Waals surface area (Å²) < 4.78 is 0. The van der Waals surface area contributed by atoms with Crippen molar-refractivity contribution >= 4 is 35.5 Å². The zero-order chi connectivity index (χ0) is 27.0. The summed E-state index contributed by atoms with van der Waals surface area (Å²) in [6, 6.07) is 16.7. The molecule has 2 N–H and O–H groups in total. The summed E-state index contributed by atoms with van der Waals surface area (Å²) >= 11 is 0. The van der Waals surface area contributed by atoms with Gasteiger partial charge in [0.25, 0.3) is 0 Å². The topological polar surface area (TPSA) is 108 Å². The first-order chi connectivity index (χ1) is 19.0. The monoisotopic (exact) mass is 522 g/mol. The maximum atomic E-state index is 13.4. The Morgan fingerprint density at radius 3 is 2.67 bits per heavy atom. The van der Waals surface area contributed by atoms with Gasteiger partial charge in [-0.3, -0.25) is 19.2 Å². The largest absolute Gasteiger partial charge is 0.329 e. The fraction of sp³-hybridized carbons (Fsp3) is 0.323. The molecule has 6 rings (SSSR count). The molecule has 1 aliphatic heterocycles. The van der Waals surface area contributed by atoms with E-state index < -0.39 is 5.41 Å². The van der Waals surface area contributed by atoms with Gasteiger partial charge in [-0.05, 0) is 60.6 Å². The van der Waals surface area contributed by atoms with Crippen molar-refractivity contribution in [3.8, 4) is 0 Å². The molecule has 8 heteroatoms. The molecule has 0 bridgehead atoms. The van der Waals surface area contributed by atoms with Crippen LogP contribution in [0.15, 0.2) is 60.8 Å². The van der Waals surface area contributed by atoms with Gasteiger partial charge >= 0.3 is 0 Å². The van der Waals surface area contributed by atoms with E-state index in [1.54, 1.807) is 23.2 Å². The van der Waals surface area contributed by atoms with Crippen molar-refractivity contribution in [3.63, 3.8) is 0 Å². The maximum absolute atomic E-state index is 13.4. The van der Waals surface area contributed by atoms with E-state index in [2.05, 4.69) is 15.6 Å². The molecule has 0 saturated heterocycles. The van der Waals surface area contributed by atoms with Gasteiger partial charge in [0.15, 0.2) is 0 Å². The molecule has 1 atom stereocenters. The fourth-order valence-electron chi connectivity index (χ4n) is 6.36. The Balaban J connectivity index is 1.19. The van der Waals surface area contributed by atoms with Crippen molar-refractivity contribution in [2.24, 2.45) is 5.92 Å². The van der Waals surface area contributed by atoms with E-state index in [0.717, 1.165) is 54.2 Å². The van der Waals surface area contributed by atoms with Crippen LogP contribution in [0.3, 0.4) is 0 Å². The highest BCUT2D eigenvalue weighted by Crippen LogP contribution is 2.46. The Bertz CT molecular complexity index is 1480. The third kappa shape index (κ3) is 4.60. The number of pyridine rings is 1. The van der Waals surface area contributed by atoms with E-state index in [0.29, 0.717) is 29.9 Å². The number of hydrogen-bond donors (Lipinski definition) is 2. The molecule has 8 nitrogen and oxygen atoms in total. The van der Waals surface area contributed by atoms with E-state index in [1.165, 1.54) is 0 Å². The maximum Gasteiger partial charge on any atom is 0.244 e. The van der Waals surface area contributed by atoms with E-state index >= 15 is 0 Å². The van der Waals surface area contributed by atoms with Crippen molar-refractivity contribution in [2.75, 3.05) is 17.2 Å². The van der Waals surface area contributed by atoms with Crippen LogP contribution in [0, 0.1) is 5.92 Å². The Hall–Kier alpha value is -4.33. The predicted molar refractivity (Wildman–Crippen MR) is 146 cm³/mol. The zero-order valence-electron chi connectivity index (χ0n) is 21.6. The third-order valence-corrected chi connectivity index (χ3v) is 8.36. The number of carbonyl (C=O) groups excluding carboxylic acids is 4. The average Bonchev–Trinajstić information content (AvgIpc) is 3.67. The van der Waals surface area contributed by atoms with E-state index in [9.17, 15) is 19.2 Å². The lowest BCUT2D eigenvalue weighted by Gasteiger charge is -2.26. The molecular weight excluding hydrogens is 492 g/mol. The van der Waals surface area contributed by atoms with Crippen LogP contribution < -0.4 is 10.6 Å². The molecule has 1 saturated carbocycles. The van der Waals surface area contributed by atoms with E-state index in [-0.39, 0.29) is 36.7 Å². The van der Waals surface area contributed by atoms with E-state index in [4.69, 9.17) is 0 Å². The first-order valence-corrected chi connectivity index (χ1v) is 13.5. The normalized spacial score (nSPS) is 19.4.